The molecule has 1 heterocycles. The number of ketones is 1. The van der Waals surface area contributed by atoms with E-state index in [1.54, 1.807) is 31.2 Å². The summed E-state index contributed by atoms with van der Waals surface area (Å²) in [6.45, 7) is 5.55. The van der Waals surface area contributed by atoms with E-state index in [2.05, 4.69) is 0 Å². The SMILES string of the molecule is CCOC(=O)[C@@H]1C[C@@]2(C)C(=O)CCCC[C@H]2N1S(=O)(=O)c1ccc(C)cc1. The molecule has 0 unspecified atom stereocenters. The third kappa shape index (κ3) is 3.43. The van der Waals surface area contributed by atoms with E-state index in [1.165, 1.54) is 4.31 Å². The second kappa shape index (κ2) is 7.36. The van der Waals surface area contributed by atoms with Crippen LogP contribution in [0, 0.1) is 12.3 Å². The van der Waals surface area contributed by atoms with E-state index in [9.17, 15) is 18.0 Å². The standard InChI is InChI=1S/C20H27NO5S/c1-4-26-19(23)16-13-20(3)17(7-5-6-8-18(20)22)21(16)27(24,25)15-11-9-14(2)10-12-15/h9-12,16-17H,4-8,13H2,1-3H3/t16-,17+,20+/m0/s1. The van der Waals surface area contributed by atoms with Crippen LogP contribution in [-0.4, -0.2) is 43.2 Å². The number of carbonyl (C=O) groups excluding carboxylic acids is 2. The summed E-state index contributed by atoms with van der Waals surface area (Å²) in [5, 5.41) is 0. The molecule has 0 amide bonds. The summed E-state index contributed by atoms with van der Waals surface area (Å²) in [7, 11) is -3.94. The molecule has 3 rings (SSSR count). The van der Waals surface area contributed by atoms with Gasteiger partial charge in [0.2, 0.25) is 10.0 Å². The fourth-order valence-corrected chi connectivity index (χ4v) is 6.26. The van der Waals surface area contributed by atoms with Crippen LogP contribution in [0.15, 0.2) is 29.2 Å². The van der Waals surface area contributed by atoms with E-state index < -0.39 is 33.5 Å². The first-order valence-corrected chi connectivity index (χ1v) is 11.0. The monoisotopic (exact) mass is 393 g/mol. The summed E-state index contributed by atoms with van der Waals surface area (Å²) >= 11 is 0. The van der Waals surface area contributed by atoms with Gasteiger partial charge in [0, 0.05) is 17.9 Å². The molecule has 1 saturated heterocycles. The highest BCUT2D eigenvalue weighted by atomic mass is 32.2. The van der Waals surface area contributed by atoms with E-state index in [1.807, 2.05) is 13.8 Å². The molecule has 3 atom stereocenters. The van der Waals surface area contributed by atoms with Crippen LogP contribution in [0.2, 0.25) is 0 Å². The molecule has 1 aromatic rings. The molecule has 2 fully saturated rings. The largest absolute Gasteiger partial charge is 0.465 e. The molecule has 0 N–H and O–H groups in total. The van der Waals surface area contributed by atoms with Crippen molar-refractivity contribution in [3.05, 3.63) is 29.8 Å². The Balaban J connectivity index is 2.10. The van der Waals surface area contributed by atoms with Gasteiger partial charge in [-0.05, 0) is 45.2 Å². The summed E-state index contributed by atoms with van der Waals surface area (Å²) in [5.74, 6) is -0.531. The molecule has 1 saturated carbocycles. The van der Waals surface area contributed by atoms with E-state index >= 15 is 0 Å². The minimum atomic E-state index is -3.94. The number of aryl methyl sites for hydroxylation is 1. The first kappa shape index (κ1) is 20.0. The maximum Gasteiger partial charge on any atom is 0.324 e. The Hall–Kier alpha value is -1.73. The first-order chi connectivity index (χ1) is 12.7. The summed E-state index contributed by atoms with van der Waals surface area (Å²) in [5.41, 5.74) is 0.0953. The summed E-state index contributed by atoms with van der Waals surface area (Å²) in [4.78, 5) is 25.6. The number of ether oxygens (including phenoxy) is 1. The second-order valence-electron chi connectivity index (χ2n) is 7.72. The zero-order chi connectivity index (χ0) is 19.8. The number of Topliss-reactive ketones (excluding diaryl/α,β-unsaturated/α-hetero) is 1. The number of esters is 1. The lowest BCUT2D eigenvalue weighted by Crippen LogP contribution is -2.48. The highest BCUT2D eigenvalue weighted by molar-refractivity contribution is 7.89. The van der Waals surface area contributed by atoms with Gasteiger partial charge < -0.3 is 4.74 Å². The van der Waals surface area contributed by atoms with Gasteiger partial charge in [0.05, 0.1) is 11.5 Å². The lowest BCUT2D eigenvalue weighted by atomic mass is 9.77. The molecule has 0 spiro atoms. The molecule has 1 aromatic carbocycles. The molecule has 27 heavy (non-hydrogen) atoms. The predicted molar refractivity (Wildman–Crippen MR) is 101 cm³/mol. The van der Waals surface area contributed by atoms with E-state index in [0.29, 0.717) is 12.8 Å². The van der Waals surface area contributed by atoms with Crippen LogP contribution in [-0.2, 0) is 24.3 Å². The van der Waals surface area contributed by atoms with Crippen LogP contribution in [0.3, 0.4) is 0 Å². The van der Waals surface area contributed by atoms with E-state index in [0.717, 1.165) is 18.4 Å². The molecule has 0 bridgehead atoms. The molecule has 0 radical (unpaired) electrons. The van der Waals surface area contributed by atoms with Crippen molar-refractivity contribution in [3.63, 3.8) is 0 Å². The van der Waals surface area contributed by atoms with Gasteiger partial charge in [-0.2, -0.15) is 4.31 Å². The molecule has 148 valence electrons. The van der Waals surface area contributed by atoms with Gasteiger partial charge in [0.25, 0.3) is 0 Å². The number of sulfonamides is 1. The van der Waals surface area contributed by atoms with Crippen molar-refractivity contribution < 1.29 is 22.7 Å². The van der Waals surface area contributed by atoms with Gasteiger partial charge >= 0.3 is 5.97 Å². The van der Waals surface area contributed by atoms with E-state index in [4.69, 9.17) is 4.74 Å². The number of nitrogens with zero attached hydrogens (tertiary/aromatic N) is 1. The highest BCUT2D eigenvalue weighted by Crippen LogP contribution is 2.48. The normalized spacial score (nSPS) is 29.2. The summed E-state index contributed by atoms with van der Waals surface area (Å²) < 4.78 is 33.4. The average molecular weight is 394 g/mol. The van der Waals surface area contributed by atoms with Crippen LogP contribution in [0.1, 0.15) is 51.5 Å². The van der Waals surface area contributed by atoms with Crippen molar-refractivity contribution in [2.24, 2.45) is 5.41 Å². The fraction of sp³-hybridized carbons (Fsp3) is 0.600. The van der Waals surface area contributed by atoms with Crippen molar-refractivity contribution in [1.82, 2.24) is 4.31 Å². The minimum absolute atomic E-state index is 0.0425. The Morgan fingerprint density at radius 3 is 2.56 bits per heavy atom. The van der Waals surface area contributed by atoms with Crippen molar-refractivity contribution in [2.75, 3.05) is 6.61 Å². The van der Waals surface area contributed by atoms with Crippen molar-refractivity contribution in [3.8, 4) is 0 Å². The van der Waals surface area contributed by atoms with Crippen LogP contribution in [0.5, 0.6) is 0 Å². The van der Waals surface area contributed by atoms with Gasteiger partial charge in [0.1, 0.15) is 11.8 Å². The number of hydrogen-bond donors (Lipinski definition) is 0. The number of benzene rings is 1. The second-order valence-corrected chi connectivity index (χ2v) is 9.57. The van der Waals surface area contributed by atoms with E-state index in [-0.39, 0.29) is 23.7 Å². The molecule has 2 aliphatic rings. The number of hydrogen-bond acceptors (Lipinski definition) is 5. The molecular formula is C20H27NO5S. The quantitative estimate of drug-likeness (QED) is 0.735. The lowest BCUT2D eigenvalue weighted by Gasteiger charge is -2.32. The molecule has 6 nitrogen and oxygen atoms in total. The fourth-order valence-electron chi connectivity index (χ4n) is 4.37. The molecular weight excluding hydrogens is 366 g/mol. The zero-order valence-electron chi connectivity index (χ0n) is 16.1. The molecule has 0 aromatic heterocycles. The van der Waals surface area contributed by atoms with Crippen LogP contribution < -0.4 is 0 Å². The topological polar surface area (TPSA) is 80.8 Å². The summed E-state index contributed by atoms with van der Waals surface area (Å²) in [6.07, 6.45) is 2.71. The van der Waals surface area contributed by atoms with Crippen LogP contribution in [0.25, 0.3) is 0 Å². The average Bonchev–Trinajstić information content (AvgIpc) is 2.86. The third-order valence-electron chi connectivity index (χ3n) is 5.89. The molecule has 7 heteroatoms. The van der Waals surface area contributed by atoms with Crippen molar-refractivity contribution in [2.45, 2.75) is 69.9 Å². The Labute approximate surface area is 160 Å². The van der Waals surface area contributed by atoms with Gasteiger partial charge in [0.15, 0.2) is 0 Å². The number of rotatable bonds is 4. The minimum Gasteiger partial charge on any atom is -0.465 e. The zero-order valence-corrected chi connectivity index (χ0v) is 16.9. The van der Waals surface area contributed by atoms with Crippen LogP contribution in [0.4, 0.5) is 0 Å². The van der Waals surface area contributed by atoms with Crippen molar-refractivity contribution in [1.29, 1.82) is 0 Å². The maximum absolute atomic E-state index is 13.5. The molecule has 1 aliphatic carbocycles. The van der Waals surface area contributed by atoms with Gasteiger partial charge in [-0.1, -0.05) is 31.0 Å². The third-order valence-corrected chi connectivity index (χ3v) is 7.82. The maximum atomic E-state index is 13.5. The highest BCUT2D eigenvalue weighted by Gasteiger charge is 2.59. The van der Waals surface area contributed by atoms with Crippen molar-refractivity contribution >= 4 is 21.8 Å². The lowest BCUT2D eigenvalue weighted by molar-refractivity contribution is -0.147. The predicted octanol–water partition coefficient (Wildman–Crippen LogP) is 2.84. The summed E-state index contributed by atoms with van der Waals surface area (Å²) in [6, 6.07) is 5.10. The van der Waals surface area contributed by atoms with Gasteiger partial charge in [-0.3, -0.25) is 9.59 Å². The smallest absolute Gasteiger partial charge is 0.324 e. The Bertz CT molecular complexity index is 832. The Morgan fingerprint density at radius 2 is 1.93 bits per heavy atom. The number of carbonyl (C=O) groups is 2. The van der Waals surface area contributed by atoms with Crippen LogP contribution >= 0.6 is 0 Å². The Kier molecular flexibility index (Phi) is 5.45. The Morgan fingerprint density at radius 1 is 1.26 bits per heavy atom. The molecule has 1 aliphatic heterocycles. The van der Waals surface area contributed by atoms with Gasteiger partial charge in [-0.25, -0.2) is 8.42 Å². The number of fused-ring (bicyclic) bond motifs is 1. The first-order valence-electron chi connectivity index (χ1n) is 9.52. The van der Waals surface area contributed by atoms with Gasteiger partial charge in [-0.15, -0.1) is 0 Å².